The summed E-state index contributed by atoms with van der Waals surface area (Å²) < 4.78 is 5.52. The van der Waals surface area contributed by atoms with Gasteiger partial charge in [0, 0.05) is 18.5 Å². The molecule has 0 aliphatic carbocycles. The molecule has 27 heavy (non-hydrogen) atoms. The number of hydrogen-bond acceptors (Lipinski definition) is 4. The third kappa shape index (κ3) is 6.81. The number of nitrogens with one attached hydrogen (secondary N) is 3. The van der Waals surface area contributed by atoms with Crippen molar-refractivity contribution in [2.24, 2.45) is 0 Å². The maximum absolute atomic E-state index is 12.2. The topological polar surface area (TPSA) is 96.5 Å². The van der Waals surface area contributed by atoms with Gasteiger partial charge in [-0.05, 0) is 30.7 Å². The molecule has 0 aliphatic heterocycles. The average Bonchev–Trinajstić information content (AvgIpc) is 2.70. The number of anilines is 1. The number of hydrogen-bond donors (Lipinski definition) is 3. The van der Waals surface area contributed by atoms with Crippen molar-refractivity contribution in [3.8, 4) is 5.75 Å². The number of rotatable bonds is 8. The Kier molecular flexibility index (Phi) is 7.84. The molecule has 0 atom stereocenters. The molecule has 0 aromatic heterocycles. The summed E-state index contributed by atoms with van der Waals surface area (Å²) in [5.74, 6) is -0.767. The van der Waals surface area contributed by atoms with Crippen LogP contribution in [0.5, 0.6) is 5.75 Å². The van der Waals surface area contributed by atoms with E-state index < -0.39 is 11.8 Å². The quantitative estimate of drug-likeness (QED) is 0.623. The van der Waals surface area contributed by atoms with Crippen molar-refractivity contribution >= 4 is 23.4 Å². The SMILES string of the molecule is CCCOc1ccccc1C(=O)NNC(=O)CCC(=O)Nc1ccccc1. The van der Waals surface area contributed by atoms with E-state index in [-0.39, 0.29) is 18.7 Å². The third-order valence-electron chi connectivity index (χ3n) is 3.55. The van der Waals surface area contributed by atoms with Crippen molar-refractivity contribution in [2.45, 2.75) is 26.2 Å². The van der Waals surface area contributed by atoms with Gasteiger partial charge in [0.05, 0.1) is 12.2 Å². The molecule has 2 aromatic carbocycles. The first-order valence-corrected chi connectivity index (χ1v) is 8.76. The van der Waals surface area contributed by atoms with Crippen LogP contribution in [0.25, 0.3) is 0 Å². The lowest BCUT2D eigenvalue weighted by Gasteiger charge is -2.11. The van der Waals surface area contributed by atoms with Gasteiger partial charge in [-0.25, -0.2) is 0 Å². The fourth-order valence-corrected chi connectivity index (χ4v) is 2.22. The minimum Gasteiger partial charge on any atom is -0.493 e. The van der Waals surface area contributed by atoms with Gasteiger partial charge in [0.25, 0.3) is 5.91 Å². The lowest BCUT2D eigenvalue weighted by Crippen LogP contribution is -2.42. The molecule has 3 amide bonds. The summed E-state index contributed by atoms with van der Waals surface area (Å²) in [5, 5.41) is 2.69. The molecule has 0 aliphatic rings. The maximum Gasteiger partial charge on any atom is 0.273 e. The van der Waals surface area contributed by atoms with Crippen LogP contribution in [-0.4, -0.2) is 24.3 Å². The van der Waals surface area contributed by atoms with E-state index in [0.717, 1.165) is 6.42 Å². The van der Waals surface area contributed by atoms with Crippen molar-refractivity contribution in [1.82, 2.24) is 10.9 Å². The molecule has 0 unspecified atom stereocenters. The van der Waals surface area contributed by atoms with Crippen LogP contribution in [0.15, 0.2) is 54.6 Å². The fourth-order valence-electron chi connectivity index (χ4n) is 2.22. The van der Waals surface area contributed by atoms with Crippen LogP contribution in [0.4, 0.5) is 5.69 Å². The maximum atomic E-state index is 12.2. The van der Waals surface area contributed by atoms with Gasteiger partial charge in [-0.2, -0.15) is 0 Å². The van der Waals surface area contributed by atoms with E-state index in [1.165, 1.54) is 0 Å². The van der Waals surface area contributed by atoms with Gasteiger partial charge in [0.1, 0.15) is 5.75 Å². The summed E-state index contributed by atoms with van der Waals surface area (Å²) in [4.78, 5) is 35.9. The van der Waals surface area contributed by atoms with Crippen molar-refractivity contribution in [1.29, 1.82) is 0 Å². The van der Waals surface area contributed by atoms with Crippen LogP contribution in [0, 0.1) is 0 Å². The minimum absolute atomic E-state index is 0.00674. The lowest BCUT2D eigenvalue weighted by atomic mass is 10.2. The summed E-state index contributed by atoms with van der Waals surface area (Å²) >= 11 is 0. The molecule has 2 rings (SSSR count). The van der Waals surface area contributed by atoms with Crippen LogP contribution in [0.3, 0.4) is 0 Å². The van der Waals surface area contributed by atoms with Gasteiger partial charge < -0.3 is 10.1 Å². The zero-order chi connectivity index (χ0) is 19.5. The van der Waals surface area contributed by atoms with E-state index in [0.29, 0.717) is 23.6 Å². The van der Waals surface area contributed by atoms with Gasteiger partial charge >= 0.3 is 0 Å². The molecule has 0 radical (unpaired) electrons. The summed E-state index contributed by atoms with van der Waals surface area (Å²) in [5.41, 5.74) is 5.64. The van der Waals surface area contributed by atoms with Crippen molar-refractivity contribution in [2.75, 3.05) is 11.9 Å². The zero-order valence-electron chi connectivity index (χ0n) is 15.2. The van der Waals surface area contributed by atoms with Gasteiger partial charge in [-0.15, -0.1) is 0 Å². The van der Waals surface area contributed by atoms with Crippen LogP contribution in [0.2, 0.25) is 0 Å². The highest BCUT2D eigenvalue weighted by molar-refractivity contribution is 5.98. The highest BCUT2D eigenvalue weighted by Gasteiger charge is 2.13. The fraction of sp³-hybridized carbons (Fsp3) is 0.250. The van der Waals surface area contributed by atoms with Crippen molar-refractivity contribution in [3.05, 3.63) is 60.2 Å². The number of hydrazine groups is 1. The van der Waals surface area contributed by atoms with Crippen LogP contribution in [-0.2, 0) is 9.59 Å². The molecule has 0 spiro atoms. The van der Waals surface area contributed by atoms with Gasteiger partial charge in [0.2, 0.25) is 11.8 Å². The normalized spacial score (nSPS) is 9.96. The second-order valence-electron chi connectivity index (χ2n) is 5.76. The lowest BCUT2D eigenvalue weighted by molar-refractivity contribution is -0.124. The molecule has 0 fully saturated rings. The summed E-state index contributed by atoms with van der Waals surface area (Å²) in [7, 11) is 0. The van der Waals surface area contributed by atoms with Gasteiger partial charge in [-0.3, -0.25) is 25.2 Å². The number of ether oxygens (including phenoxy) is 1. The highest BCUT2D eigenvalue weighted by atomic mass is 16.5. The van der Waals surface area contributed by atoms with E-state index in [1.54, 1.807) is 48.5 Å². The average molecular weight is 369 g/mol. The van der Waals surface area contributed by atoms with E-state index >= 15 is 0 Å². The van der Waals surface area contributed by atoms with E-state index in [4.69, 9.17) is 4.74 Å². The molecule has 0 saturated heterocycles. The number of benzene rings is 2. The Morgan fingerprint density at radius 3 is 2.26 bits per heavy atom. The Morgan fingerprint density at radius 1 is 0.852 bits per heavy atom. The monoisotopic (exact) mass is 369 g/mol. The minimum atomic E-state index is -0.483. The second-order valence-corrected chi connectivity index (χ2v) is 5.76. The Labute approximate surface area is 158 Å². The van der Waals surface area contributed by atoms with Crippen molar-refractivity contribution < 1.29 is 19.1 Å². The van der Waals surface area contributed by atoms with E-state index in [2.05, 4.69) is 16.2 Å². The molecule has 7 heteroatoms. The summed E-state index contributed by atoms with van der Waals surface area (Å²) in [6.45, 7) is 2.46. The first kappa shape index (κ1) is 20.0. The Balaban J connectivity index is 1.76. The molecule has 142 valence electrons. The Bertz CT molecular complexity index is 778. The molecular weight excluding hydrogens is 346 g/mol. The smallest absolute Gasteiger partial charge is 0.273 e. The van der Waals surface area contributed by atoms with Crippen LogP contribution in [0.1, 0.15) is 36.5 Å². The zero-order valence-corrected chi connectivity index (χ0v) is 15.2. The Morgan fingerprint density at radius 2 is 1.52 bits per heavy atom. The third-order valence-corrected chi connectivity index (χ3v) is 3.55. The predicted octanol–water partition coefficient (Wildman–Crippen LogP) is 2.66. The molecule has 3 N–H and O–H groups in total. The summed E-state index contributed by atoms with van der Waals surface area (Å²) in [6.07, 6.45) is 0.775. The molecule has 0 heterocycles. The molecule has 2 aromatic rings. The predicted molar refractivity (Wildman–Crippen MR) is 102 cm³/mol. The standard InChI is InChI=1S/C20H23N3O4/c1-2-14-27-17-11-7-6-10-16(17)20(26)23-22-19(25)13-12-18(24)21-15-8-4-3-5-9-15/h3-11H,2,12-14H2,1H3,(H,21,24)(H,22,25)(H,23,26). The molecule has 0 bridgehead atoms. The summed E-state index contributed by atoms with van der Waals surface area (Å²) in [6, 6.07) is 15.8. The first-order valence-electron chi connectivity index (χ1n) is 8.76. The van der Waals surface area contributed by atoms with E-state index in [9.17, 15) is 14.4 Å². The second kappa shape index (κ2) is 10.6. The first-order chi connectivity index (χ1) is 13.1. The van der Waals surface area contributed by atoms with Gasteiger partial charge in [0.15, 0.2) is 0 Å². The number of amides is 3. The van der Waals surface area contributed by atoms with Crippen LogP contribution < -0.4 is 20.9 Å². The Hall–Kier alpha value is -3.35. The van der Waals surface area contributed by atoms with Gasteiger partial charge in [-0.1, -0.05) is 37.3 Å². The van der Waals surface area contributed by atoms with Crippen molar-refractivity contribution in [3.63, 3.8) is 0 Å². The number of carbonyl (C=O) groups excluding carboxylic acids is 3. The van der Waals surface area contributed by atoms with E-state index in [1.807, 2.05) is 13.0 Å². The molecule has 0 saturated carbocycles. The largest absolute Gasteiger partial charge is 0.493 e. The van der Waals surface area contributed by atoms with Crippen LogP contribution >= 0.6 is 0 Å². The number of carbonyl (C=O) groups is 3. The number of para-hydroxylation sites is 2. The molecule has 7 nitrogen and oxygen atoms in total. The highest BCUT2D eigenvalue weighted by Crippen LogP contribution is 2.17. The molecular formula is C20H23N3O4.